The Kier molecular flexibility index (Phi) is 33.7. The predicted molar refractivity (Wildman–Crippen MR) is 190 cm³/mol. The Bertz CT molecular complexity index is 748. The molecule has 0 aromatic rings. The van der Waals surface area contributed by atoms with Gasteiger partial charge in [0, 0.05) is 12.8 Å². The van der Waals surface area contributed by atoms with E-state index in [2.05, 4.69) is 62.5 Å². The molecule has 254 valence electrons. The fourth-order valence-electron chi connectivity index (χ4n) is 5.29. The average molecular weight is 615 g/mol. The van der Waals surface area contributed by atoms with E-state index in [1.807, 2.05) is 0 Å². The second kappa shape index (κ2) is 35.4. The summed E-state index contributed by atoms with van der Waals surface area (Å²) in [6, 6.07) is 0. The van der Waals surface area contributed by atoms with Crippen LogP contribution in [0, 0.1) is 0 Å². The van der Waals surface area contributed by atoms with Crippen molar-refractivity contribution in [3.05, 3.63) is 48.6 Å². The summed E-state index contributed by atoms with van der Waals surface area (Å²) in [4.78, 5) is 22.8. The number of hydrogen-bond donors (Lipinski definition) is 1. The van der Waals surface area contributed by atoms with Gasteiger partial charge in [0.05, 0.1) is 0 Å². The highest BCUT2D eigenvalue weighted by atomic mass is 16.5. The molecule has 0 spiro atoms. The molecule has 0 heterocycles. The molecule has 0 aliphatic heterocycles. The van der Waals surface area contributed by atoms with Gasteiger partial charge in [-0.05, 0) is 70.6 Å². The first kappa shape index (κ1) is 41.9. The van der Waals surface area contributed by atoms with Crippen LogP contribution in [0.25, 0.3) is 0 Å². The molecule has 0 saturated heterocycles. The fourth-order valence-corrected chi connectivity index (χ4v) is 5.29. The number of carbonyl (C=O) groups is 2. The Morgan fingerprint density at radius 1 is 0.523 bits per heavy atom. The van der Waals surface area contributed by atoms with Crippen LogP contribution >= 0.6 is 0 Å². The van der Waals surface area contributed by atoms with Crippen molar-refractivity contribution in [2.45, 2.75) is 193 Å². The summed E-state index contributed by atoms with van der Waals surface area (Å²) < 4.78 is 5.75. The van der Waals surface area contributed by atoms with Crippen molar-refractivity contribution in [1.29, 1.82) is 0 Å². The minimum Gasteiger partial charge on any atom is -0.481 e. The van der Waals surface area contributed by atoms with E-state index < -0.39 is 5.97 Å². The number of hydrogen-bond acceptors (Lipinski definition) is 3. The molecule has 44 heavy (non-hydrogen) atoms. The first-order valence-electron chi connectivity index (χ1n) is 18.6. The third kappa shape index (κ3) is 34.4. The molecule has 1 unspecified atom stereocenters. The molecular formula is C40H70O4. The van der Waals surface area contributed by atoms with Crippen LogP contribution in [0.5, 0.6) is 0 Å². The van der Waals surface area contributed by atoms with E-state index in [1.165, 1.54) is 96.3 Å². The van der Waals surface area contributed by atoms with Crippen LogP contribution in [0.15, 0.2) is 48.6 Å². The summed E-state index contributed by atoms with van der Waals surface area (Å²) in [6.07, 6.45) is 47.8. The summed E-state index contributed by atoms with van der Waals surface area (Å²) in [5.74, 6) is -0.706. The third-order valence-corrected chi connectivity index (χ3v) is 8.13. The molecular weight excluding hydrogens is 544 g/mol. The molecule has 0 fully saturated rings. The van der Waals surface area contributed by atoms with Gasteiger partial charge in [0.25, 0.3) is 0 Å². The van der Waals surface area contributed by atoms with E-state index in [-0.39, 0.29) is 12.1 Å². The van der Waals surface area contributed by atoms with Crippen LogP contribution in [-0.2, 0) is 14.3 Å². The zero-order valence-corrected chi connectivity index (χ0v) is 29.0. The normalized spacial score (nSPS) is 12.8. The second-order valence-electron chi connectivity index (χ2n) is 12.4. The Labute approximate surface area is 272 Å². The first-order valence-corrected chi connectivity index (χ1v) is 18.6. The lowest BCUT2D eigenvalue weighted by atomic mass is 10.0. The smallest absolute Gasteiger partial charge is 0.306 e. The molecule has 0 aliphatic rings. The van der Waals surface area contributed by atoms with Gasteiger partial charge >= 0.3 is 11.9 Å². The van der Waals surface area contributed by atoms with E-state index in [9.17, 15) is 9.59 Å². The van der Waals surface area contributed by atoms with Gasteiger partial charge in [-0.1, -0.05) is 152 Å². The number of rotatable bonds is 33. The molecule has 0 aromatic heterocycles. The number of unbranched alkanes of at least 4 members (excludes halogenated alkanes) is 17. The van der Waals surface area contributed by atoms with Crippen LogP contribution in [0.3, 0.4) is 0 Å². The van der Waals surface area contributed by atoms with E-state index in [1.54, 1.807) is 0 Å². The average Bonchev–Trinajstić information content (AvgIpc) is 3.01. The van der Waals surface area contributed by atoms with Gasteiger partial charge in [-0.25, -0.2) is 0 Å². The van der Waals surface area contributed by atoms with E-state index in [0.29, 0.717) is 12.8 Å². The number of carbonyl (C=O) groups excluding carboxylic acids is 1. The summed E-state index contributed by atoms with van der Waals surface area (Å²) in [5.41, 5.74) is 0. The van der Waals surface area contributed by atoms with Crippen LogP contribution in [0.4, 0.5) is 0 Å². The van der Waals surface area contributed by atoms with Crippen molar-refractivity contribution in [1.82, 2.24) is 0 Å². The zero-order chi connectivity index (χ0) is 32.2. The lowest BCUT2D eigenvalue weighted by molar-refractivity contribution is -0.149. The molecule has 0 rings (SSSR count). The molecule has 0 aromatic carbocycles. The van der Waals surface area contributed by atoms with E-state index >= 15 is 0 Å². The van der Waals surface area contributed by atoms with Crippen LogP contribution in [0.1, 0.15) is 187 Å². The molecule has 4 nitrogen and oxygen atoms in total. The third-order valence-electron chi connectivity index (χ3n) is 8.13. The molecule has 0 amide bonds. The molecule has 4 heteroatoms. The summed E-state index contributed by atoms with van der Waals surface area (Å²) in [6.45, 7) is 4.36. The number of ether oxygens (including phenoxy) is 1. The monoisotopic (exact) mass is 615 g/mol. The topological polar surface area (TPSA) is 63.6 Å². The van der Waals surface area contributed by atoms with Gasteiger partial charge in [0.15, 0.2) is 0 Å². The lowest BCUT2D eigenvalue weighted by Crippen LogP contribution is -2.17. The Morgan fingerprint density at radius 2 is 0.955 bits per heavy atom. The molecule has 0 bridgehead atoms. The lowest BCUT2D eigenvalue weighted by Gasteiger charge is -2.16. The Hall–Kier alpha value is -2.10. The van der Waals surface area contributed by atoms with Crippen LogP contribution < -0.4 is 0 Å². The van der Waals surface area contributed by atoms with Crippen molar-refractivity contribution in [2.75, 3.05) is 0 Å². The number of carboxylic acid groups (broad SMARTS) is 1. The summed E-state index contributed by atoms with van der Waals surface area (Å²) >= 11 is 0. The molecule has 0 saturated carbocycles. The largest absolute Gasteiger partial charge is 0.481 e. The highest BCUT2D eigenvalue weighted by molar-refractivity contribution is 5.69. The molecule has 0 radical (unpaired) electrons. The van der Waals surface area contributed by atoms with Gasteiger partial charge in [-0.15, -0.1) is 0 Å². The zero-order valence-electron chi connectivity index (χ0n) is 29.0. The second-order valence-corrected chi connectivity index (χ2v) is 12.4. The SMILES string of the molecule is CCCCC/C=C\C/C=C\C/C=C\C/C=C\CCCC(=O)OC(CC)CCCCCCCCCCCCCCCCC(=O)O. The van der Waals surface area contributed by atoms with Crippen LogP contribution in [0.2, 0.25) is 0 Å². The van der Waals surface area contributed by atoms with Gasteiger partial charge in [0.1, 0.15) is 6.10 Å². The van der Waals surface area contributed by atoms with Crippen molar-refractivity contribution in [2.24, 2.45) is 0 Å². The number of esters is 1. The van der Waals surface area contributed by atoms with Crippen LogP contribution in [-0.4, -0.2) is 23.1 Å². The maximum Gasteiger partial charge on any atom is 0.306 e. The van der Waals surface area contributed by atoms with Gasteiger partial charge < -0.3 is 9.84 Å². The minimum atomic E-state index is -0.670. The maximum atomic E-state index is 12.3. The number of carboxylic acids is 1. The molecule has 1 N–H and O–H groups in total. The summed E-state index contributed by atoms with van der Waals surface area (Å²) in [7, 11) is 0. The van der Waals surface area contributed by atoms with Crippen molar-refractivity contribution in [3.63, 3.8) is 0 Å². The van der Waals surface area contributed by atoms with Crippen molar-refractivity contribution >= 4 is 11.9 Å². The minimum absolute atomic E-state index is 0.0362. The van der Waals surface area contributed by atoms with E-state index in [0.717, 1.165) is 64.2 Å². The van der Waals surface area contributed by atoms with Gasteiger partial charge in [0.2, 0.25) is 0 Å². The molecule has 1 atom stereocenters. The number of allylic oxidation sites excluding steroid dienone is 8. The Morgan fingerprint density at radius 3 is 1.41 bits per heavy atom. The quantitative estimate of drug-likeness (QED) is 0.0454. The number of aliphatic carboxylic acids is 1. The predicted octanol–water partition coefficient (Wildman–Crippen LogP) is 12.8. The van der Waals surface area contributed by atoms with E-state index in [4.69, 9.17) is 9.84 Å². The van der Waals surface area contributed by atoms with Gasteiger partial charge in [-0.2, -0.15) is 0 Å². The highest BCUT2D eigenvalue weighted by Crippen LogP contribution is 2.16. The van der Waals surface area contributed by atoms with Gasteiger partial charge in [-0.3, -0.25) is 9.59 Å². The van der Waals surface area contributed by atoms with Crippen molar-refractivity contribution < 1.29 is 19.4 Å². The Balaban J connectivity index is 3.56. The fraction of sp³-hybridized carbons (Fsp3) is 0.750. The molecule has 0 aliphatic carbocycles. The first-order chi connectivity index (χ1) is 21.6. The standard InChI is InChI=1S/C40H70O4/c1-3-5-6-7-8-9-10-11-12-13-14-19-22-25-28-31-34-37-40(43)44-38(4-2)35-32-29-26-23-20-17-15-16-18-21-24-27-30-33-36-39(41)42/h8-9,11-12,14,19,25,28,38H,3-7,10,13,15-18,20-24,26-27,29-37H2,1-2H3,(H,41,42)/b9-8-,12-11-,19-14-,28-25-. The summed E-state index contributed by atoms with van der Waals surface area (Å²) in [5, 5.41) is 8.65. The van der Waals surface area contributed by atoms with Crippen molar-refractivity contribution in [3.8, 4) is 0 Å². The highest BCUT2D eigenvalue weighted by Gasteiger charge is 2.11. The maximum absolute atomic E-state index is 12.3.